The van der Waals surface area contributed by atoms with Crippen LogP contribution in [0.5, 0.6) is 0 Å². The maximum Gasteiger partial charge on any atom is 0.410 e. The van der Waals surface area contributed by atoms with E-state index in [0.29, 0.717) is 23.1 Å². The van der Waals surface area contributed by atoms with Crippen molar-refractivity contribution in [2.24, 2.45) is 7.05 Å². The van der Waals surface area contributed by atoms with Crippen molar-refractivity contribution in [1.29, 1.82) is 0 Å². The second-order valence-corrected chi connectivity index (χ2v) is 10.3. The van der Waals surface area contributed by atoms with E-state index in [4.69, 9.17) is 22.1 Å². The van der Waals surface area contributed by atoms with E-state index >= 15 is 0 Å². The van der Waals surface area contributed by atoms with Crippen LogP contribution in [0.25, 0.3) is 10.9 Å². The minimum atomic E-state index is -0.571. The van der Waals surface area contributed by atoms with Crippen molar-refractivity contribution < 1.29 is 18.7 Å². The number of carbonyl (C=O) groups is 2. The Bertz CT molecular complexity index is 1300. The van der Waals surface area contributed by atoms with E-state index in [-0.39, 0.29) is 33.8 Å². The maximum absolute atomic E-state index is 13.7. The van der Waals surface area contributed by atoms with Crippen LogP contribution in [-0.4, -0.2) is 45.2 Å². The van der Waals surface area contributed by atoms with Crippen LogP contribution in [0.3, 0.4) is 0 Å². The Balaban J connectivity index is 1.68. The third-order valence-corrected chi connectivity index (χ3v) is 6.57. The van der Waals surface area contributed by atoms with Gasteiger partial charge in [-0.15, -0.1) is 0 Å². The molecule has 2 aromatic carbocycles. The van der Waals surface area contributed by atoms with E-state index in [0.717, 1.165) is 17.1 Å². The van der Waals surface area contributed by atoms with Gasteiger partial charge in [0.15, 0.2) is 5.78 Å². The summed E-state index contributed by atoms with van der Waals surface area (Å²) in [5.74, 6) is -1.03. The second-order valence-electron chi connectivity index (χ2n) is 9.10. The summed E-state index contributed by atoms with van der Waals surface area (Å²) in [5, 5.41) is 5.49. The molecule has 1 aliphatic heterocycles. The number of benzene rings is 2. The molecule has 2 N–H and O–H groups in total. The summed E-state index contributed by atoms with van der Waals surface area (Å²) in [6.45, 7) is 6.45. The first-order valence-electron chi connectivity index (χ1n) is 10.3. The number of anilines is 1. The molecule has 174 valence electrons. The summed E-state index contributed by atoms with van der Waals surface area (Å²) in [6.07, 6.45) is -0.356. The lowest BCUT2D eigenvalue weighted by atomic mass is 9.92. The first-order chi connectivity index (χ1) is 15.4. The number of halogens is 3. The number of aromatic nitrogens is 2. The molecule has 1 saturated heterocycles. The number of ketones is 1. The summed E-state index contributed by atoms with van der Waals surface area (Å²) < 4.78 is 21.3. The molecular weight excluding hydrogens is 515 g/mol. The third-order valence-electron chi connectivity index (χ3n) is 5.47. The van der Waals surface area contributed by atoms with Crippen molar-refractivity contribution in [3.05, 3.63) is 56.4 Å². The van der Waals surface area contributed by atoms with Crippen LogP contribution in [0.4, 0.5) is 14.9 Å². The molecule has 0 atom stereocenters. The van der Waals surface area contributed by atoms with Gasteiger partial charge in [0.05, 0.1) is 20.8 Å². The zero-order chi connectivity index (χ0) is 24.2. The van der Waals surface area contributed by atoms with Crippen molar-refractivity contribution in [2.45, 2.75) is 32.3 Å². The second kappa shape index (κ2) is 8.29. The molecule has 3 aromatic rings. The lowest BCUT2D eigenvalue weighted by molar-refractivity contribution is 0.00766. The number of likely N-dealkylation sites (tertiary alicyclic amines) is 1. The standard InChI is InChI=1S/C23H23BrClFN4O3/c1-23(2,3)33-22(32)30-9-11(10-30)20-14-8-16(27)17(18(24)19(14)28-29(20)4)21(31)13-7-12(26)5-6-15(13)25/h5-8,11H,9-10,27H2,1-4H3. The summed E-state index contributed by atoms with van der Waals surface area (Å²) >= 11 is 9.61. The van der Waals surface area contributed by atoms with Gasteiger partial charge in [0.2, 0.25) is 0 Å². The minimum Gasteiger partial charge on any atom is -0.444 e. The normalized spacial score (nSPS) is 14.5. The number of hydrogen-bond acceptors (Lipinski definition) is 5. The molecule has 1 fully saturated rings. The molecule has 1 aromatic heterocycles. The number of amides is 1. The van der Waals surface area contributed by atoms with Gasteiger partial charge in [-0.25, -0.2) is 9.18 Å². The summed E-state index contributed by atoms with van der Waals surface area (Å²) in [6, 6.07) is 5.30. The number of nitrogens with two attached hydrogens (primary N) is 1. The number of ether oxygens (including phenoxy) is 1. The van der Waals surface area contributed by atoms with Crippen LogP contribution >= 0.6 is 27.5 Å². The molecular formula is C23H23BrClFN4O3. The highest BCUT2D eigenvalue weighted by molar-refractivity contribution is 9.10. The van der Waals surface area contributed by atoms with Crippen LogP contribution in [0, 0.1) is 5.82 Å². The Morgan fingerprint density at radius 2 is 1.94 bits per heavy atom. The van der Waals surface area contributed by atoms with E-state index < -0.39 is 17.2 Å². The molecule has 0 bridgehead atoms. The molecule has 0 unspecified atom stereocenters. The molecule has 0 saturated carbocycles. The number of nitrogen functional groups attached to an aromatic ring is 1. The number of rotatable bonds is 3. The Hall–Kier alpha value is -2.65. The van der Waals surface area contributed by atoms with Crippen molar-refractivity contribution in [3.8, 4) is 0 Å². The third kappa shape index (κ3) is 4.31. The van der Waals surface area contributed by atoms with Crippen LogP contribution in [0.15, 0.2) is 28.7 Å². The van der Waals surface area contributed by atoms with E-state index in [1.54, 1.807) is 22.7 Å². The zero-order valence-electron chi connectivity index (χ0n) is 18.6. The Labute approximate surface area is 203 Å². The number of nitrogens with zero attached hydrogens (tertiary/aromatic N) is 3. The predicted molar refractivity (Wildman–Crippen MR) is 128 cm³/mol. The first kappa shape index (κ1) is 23.5. The van der Waals surface area contributed by atoms with E-state index in [2.05, 4.69) is 21.0 Å². The smallest absolute Gasteiger partial charge is 0.410 e. The van der Waals surface area contributed by atoms with Crippen LogP contribution in [0.1, 0.15) is 48.3 Å². The number of carbonyl (C=O) groups excluding carboxylic acids is 2. The van der Waals surface area contributed by atoms with Gasteiger partial charge in [-0.2, -0.15) is 5.10 Å². The van der Waals surface area contributed by atoms with Crippen molar-refractivity contribution >= 4 is 56.0 Å². The van der Waals surface area contributed by atoms with E-state index in [1.165, 1.54) is 12.1 Å². The highest BCUT2D eigenvalue weighted by Gasteiger charge is 2.37. The molecule has 0 aliphatic carbocycles. The SMILES string of the molecule is Cn1nc2c(Br)c(C(=O)c3cc(F)ccc3Cl)c(N)cc2c1C1CN(C(=O)OC(C)(C)C)C1. The summed E-state index contributed by atoms with van der Waals surface area (Å²) in [7, 11) is 1.80. The highest BCUT2D eigenvalue weighted by atomic mass is 79.9. The zero-order valence-corrected chi connectivity index (χ0v) is 20.9. The van der Waals surface area contributed by atoms with Crippen molar-refractivity contribution in [1.82, 2.24) is 14.7 Å². The Morgan fingerprint density at radius 3 is 2.58 bits per heavy atom. The average molecular weight is 538 g/mol. The number of aryl methyl sites for hydroxylation is 1. The highest BCUT2D eigenvalue weighted by Crippen LogP contribution is 2.39. The van der Waals surface area contributed by atoms with Gasteiger partial charge in [-0.3, -0.25) is 9.48 Å². The lowest BCUT2D eigenvalue weighted by Crippen LogP contribution is -2.50. The average Bonchev–Trinajstić information content (AvgIpc) is 2.97. The van der Waals surface area contributed by atoms with Gasteiger partial charge in [-0.1, -0.05) is 11.6 Å². The van der Waals surface area contributed by atoms with E-state index in [1.807, 2.05) is 20.8 Å². The van der Waals surface area contributed by atoms with Gasteiger partial charge in [0.25, 0.3) is 0 Å². The minimum absolute atomic E-state index is 0.0200. The van der Waals surface area contributed by atoms with Crippen LogP contribution in [-0.2, 0) is 11.8 Å². The maximum atomic E-state index is 13.7. The molecule has 7 nitrogen and oxygen atoms in total. The van der Waals surface area contributed by atoms with Gasteiger partial charge in [0, 0.05) is 42.7 Å². The molecule has 2 heterocycles. The first-order valence-corrected chi connectivity index (χ1v) is 11.5. The molecule has 10 heteroatoms. The quantitative estimate of drug-likeness (QED) is 0.363. The predicted octanol–water partition coefficient (Wildman–Crippen LogP) is 5.28. The summed E-state index contributed by atoms with van der Waals surface area (Å²) in [4.78, 5) is 27.1. The fraction of sp³-hybridized carbons (Fsp3) is 0.348. The molecule has 33 heavy (non-hydrogen) atoms. The molecule has 1 amide bonds. The van der Waals surface area contributed by atoms with E-state index in [9.17, 15) is 14.0 Å². The van der Waals surface area contributed by atoms with Crippen LogP contribution in [0.2, 0.25) is 5.02 Å². The number of fused-ring (bicyclic) bond motifs is 1. The Kier molecular flexibility index (Phi) is 5.90. The molecule has 0 radical (unpaired) electrons. The Morgan fingerprint density at radius 1 is 1.27 bits per heavy atom. The summed E-state index contributed by atoms with van der Waals surface area (Å²) in [5.41, 5.74) is 7.59. The molecule has 1 aliphatic rings. The van der Waals surface area contributed by atoms with Crippen molar-refractivity contribution in [3.63, 3.8) is 0 Å². The monoisotopic (exact) mass is 536 g/mol. The number of hydrogen-bond donors (Lipinski definition) is 1. The topological polar surface area (TPSA) is 90.5 Å². The van der Waals surface area contributed by atoms with Gasteiger partial charge in [-0.05, 0) is 61.0 Å². The van der Waals surface area contributed by atoms with Crippen LogP contribution < -0.4 is 5.73 Å². The molecule has 4 rings (SSSR count). The van der Waals surface area contributed by atoms with Gasteiger partial charge < -0.3 is 15.4 Å². The fourth-order valence-corrected chi connectivity index (χ4v) is 4.88. The fourth-order valence-electron chi connectivity index (χ4n) is 3.98. The lowest BCUT2D eigenvalue weighted by Gasteiger charge is -2.39. The van der Waals surface area contributed by atoms with Crippen molar-refractivity contribution in [2.75, 3.05) is 18.8 Å². The largest absolute Gasteiger partial charge is 0.444 e. The van der Waals surface area contributed by atoms with Gasteiger partial charge >= 0.3 is 6.09 Å². The molecule has 0 spiro atoms. The van der Waals surface area contributed by atoms with Gasteiger partial charge in [0.1, 0.15) is 16.9 Å².